The monoisotopic (exact) mass is 322 g/mol. The van der Waals surface area contributed by atoms with Gasteiger partial charge >= 0.3 is 0 Å². The second kappa shape index (κ2) is 6.60. The molecule has 0 unspecified atom stereocenters. The highest BCUT2D eigenvalue weighted by molar-refractivity contribution is 7.99. The molecule has 7 heteroatoms. The van der Waals surface area contributed by atoms with Crippen LogP contribution in [-0.4, -0.2) is 10.8 Å². The van der Waals surface area contributed by atoms with E-state index in [-0.39, 0.29) is 11.6 Å². The van der Waals surface area contributed by atoms with Gasteiger partial charge in [-0.1, -0.05) is 35.5 Å². The molecule has 5 nitrogen and oxygen atoms in total. The van der Waals surface area contributed by atoms with E-state index in [2.05, 4.69) is 5.32 Å². The highest BCUT2D eigenvalue weighted by atomic mass is 35.5. The van der Waals surface area contributed by atoms with Gasteiger partial charge in [0.05, 0.1) is 15.5 Å². The molecule has 2 rings (SSSR count). The Morgan fingerprint density at radius 2 is 1.95 bits per heavy atom. The van der Waals surface area contributed by atoms with Crippen LogP contribution in [0, 0.1) is 10.1 Å². The number of para-hydroxylation sites is 1. The molecule has 0 aliphatic heterocycles. The van der Waals surface area contributed by atoms with Crippen LogP contribution >= 0.6 is 23.4 Å². The number of nitrogens with one attached hydrogen (secondary N) is 1. The summed E-state index contributed by atoms with van der Waals surface area (Å²) in [6.45, 7) is 1.41. The third kappa shape index (κ3) is 3.96. The standard InChI is InChI=1S/C14H11ClN2O3S/c1-9(18)16-11-4-2-3-5-13(11)21-14-8-10(15)6-7-12(14)17(19)20/h2-8H,1H3,(H,16,18). The lowest BCUT2D eigenvalue weighted by Gasteiger charge is -2.09. The summed E-state index contributed by atoms with van der Waals surface area (Å²) in [7, 11) is 0. The van der Waals surface area contributed by atoms with Crippen LogP contribution in [0.5, 0.6) is 0 Å². The van der Waals surface area contributed by atoms with Crippen molar-refractivity contribution in [3.63, 3.8) is 0 Å². The number of hydrogen-bond acceptors (Lipinski definition) is 4. The van der Waals surface area contributed by atoms with Gasteiger partial charge < -0.3 is 5.32 Å². The Hall–Kier alpha value is -2.05. The highest BCUT2D eigenvalue weighted by Gasteiger charge is 2.16. The van der Waals surface area contributed by atoms with Crippen LogP contribution in [0.15, 0.2) is 52.3 Å². The smallest absolute Gasteiger partial charge is 0.283 e. The molecule has 0 radical (unpaired) electrons. The zero-order valence-corrected chi connectivity index (χ0v) is 12.6. The van der Waals surface area contributed by atoms with E-state index >= 15 is 0 Å². The van der Waals surface area contributed by atoms with Gasteiger partial charge in [0, 0.05) is 22.9 Å². The zero-order valence-electron chi connectivity index (χ0n) is 11.0. The average molecular weight is 323 g/mol. The normalized spacial score (nSPS) is 10.2. The molecule has 0 aromatic heterocycles. The van der Waals surface area contributed by atoms with E-state index in [0.29, 0.717) is 20.5 Å². The lowest BCUT2D eigenvalue weighted by Crippen LogP contribution is -2.06. The molecule has 0 atom stereocenters. The molecule has 1 N–H and O–H groups in total. The largest absolute Gasteiger partial charge is 0.325 e. The summed E-state index contributed by atoms with van der Waals surface area (Å²) in [6, 6.07) is 11.5. The number of nitro benzene ring substituents is 1. The summed E-state index contributed by atoms with van der Waals surface area (Å²) >= 11 is 7.09. The maximum Gasteiger partial charge on any atom is 0.283 e. The van der Waals surface area contributed by atoms with Gasteiger partial charge in [-0.2, -0.15) is 0 Å². The second-order valence-corrected chi connectivity index (χ2v) is 5.67. The zero-order chi connectivity index (χ0) is 15.4. The topological polar surface area (TPSA) is 72.2 Å². The summed E-state index contributed by atoms with van der Waals surface area (Å²) < 4.78 is 0. The molecule has 0 heterocycles. The molecule has 2 aromatic rings. The molecule has 21 heavy (non-hydrogen) atoms. The number of rotatable bonds is 4. The van der Waals surface area contributed by atoms with Crippen molar-refractivity contribution in [2.75, 3.05) is 5.32 Å². The van der Waals surface area contributed by atoms with Crippen molar-refractivity contribution >= 4 is 40.6 Å². The maximum absolute atomic E-state index is 11.2. The van der Waals surface area contributed by atoms with Crippen LogP contribution < -0.4 is 5.32 Å². The number of carbonyl (C=O) groups excluding carboxylic acids is 1. The van der Waals surface area contributed by atoms with E-state index in [1.807, 2.05) is 0 Å². The Morgan fingerprint density at radius 3 is 2.62 bits per heavy atom. The van der Waals surface area contributed by atoms with Gasteiger partial charge in [0.2, 0.25) is 5.91 Å². The fraction of sp³-hybridized carbons (Fsp3) is 0.0714. The summed E-state index contributed by atoms with van der Waals surface area (Å²) in [5.74, 6) is -0.205. The average Bonchev–Trinajstić information content (AvgIpc) is 2.40. The van der Waals surface area contributed by atoms with E-state index in [1.165, 1.54) is 36.9 Å². The fourth-order valence-corrected chi connectivity index (χ4v) is 2.97. The number of hydrogen-bond donors (Lipinski definition) is 1. The first-order chi connectivity index (χ1) is 9.97. The molecular formula is C14H11ClN2O3S. The second-order valence-electron chi connectivity index (χ2n) is 4.15. The van der Waals surface area contributed by atoms with Gasteiger partial charge in [-0.25, -0.2) is 0 Å². The molecule has 0 saturated heterocycles. The Morgan fingerprint density at radius 1 is 1.24 bits per heavy atom. The number of carbonyl (C=O) groups is 1. The van der Waals surface area contributed by atoms with Crippen LogP contribution in [0.1, 0.15) is 6.92 Å². The van der Waals surface area contributed by atoms with Crippen LogP contribution in [-0.2, 0) is 4.79 Å². The number of benzene rings is 2. The molecule has 0 aliphatic carbocycles. The summed E-state index contributed by atoms with van der Waals surface area (Å²) in [5, 5.41) is 14.2. The van der Waals surface area contributed by atoms with E-state index < -0.39 is 4.92 Å². The van der Waals surface area contributed by atoms with Crippen LogP contribution in [0.2, 0.25) is 5.02 Å². The molecule has 0 saturated carbocycles. The van der Waals surface area contributed by atoms with Crippen LogP contribution in [0.25, 0.3) is 0 Å². The Labute approximate surface area is 130 Å². The lowest BCUT2D eigenvalue weighted by atomic mass is 10.3. The van der Waals surface area contributed by atoms with Crippen molar-refractivity contribution in [3.05, 3.63) is 57.6 Å². The summed E-state index contributed by atoms with van der Waals surface area (Å²) in [4.78, 5) is 22.9. The van der Waals surface area contributed by atoms with Crippen molar-refractivity contribution in [2.45, 2.75) is 16.7 Å². The number of nitrogens with zero attached hydrogens (tertiary/aromatic N) is 1. The van der Waals surface area contributed by atoms with Crippen molar-refractivity contribution in [3.8, 4) is 0 Å². The highest BCUT2D eigenvalue weighted by Crippen LogP contribution is 2.39. The van der Waals surface area contributed by atoms with Crippen LogP contribution in [0.3, 0.4) is 0 Å². The quantitative estimate of drug-likeness (QED) is 0.670. The van der Waals surface area contributed by atoms with Gasteiger partial charge in [-0.15, -0.1) is 0 Å². The predicted octanol–water partition coefficient (Wildman–Crippen LogP) is 4.36. The van der Waals surface area contributed by atoms with Gasteiger partial charge in [0.1, 0.15) is 0 Å². The Bertz CT molecular complexity index is 706. The van der Waals surface area contributed by atoms with Crippen molar-refractivity contribution in [1.29, 1.82) is 0 Å². The minimum absolute atomic E-state index is 0.0259. The number of anilines is 1. The van der Waals surface area contributed by atoms with Gasteiger partial charge in [0.25, 0.3) is 5.69 Å². The number of nitro groups is 1. The van der Waals surface area contributed by atoms with E-state index in [0.717, 1.165) is 0 Å². The first-order valence-electron chi connectivity index (χ1n) is 5.96. The number of halogens is 1. The first kappa shape index (κ1) is 15.3. The Kier molecular flexibility index (Phi) is 4.82. The van der Waals surface area contributed by atoms with Gasteiger partial charge in [-0.3, -0.25) is 14.9 Å². The van der Waals surface area contributed by atoms with E-state index in [4.69, 9.17) is 11.6 Å². The SMILES string of the molecule is CC(=O)Nc1ccccc1Sc1cc(Cl)ccc1[N+](=O)[O-]. The van der Waals surface area contributed by atoms with Gasteiger partial charge in [-0.05, 0) is 24.3 Å². The third-order valence-electron chi connectivity index (χ3n) is 2.54. The summed E-state index contributed by atoms with van der Waals surface area (Å²) in [5.41, 5.74) is 0.575. The Balaban J connectivity index is 2.40. The van der Waals surface area contributed by atoms with Crippen molar-refractivity contribution < 1.29 is 9.72 Å². The molecule has 0 fully saturated rings. The van der Waals surface area contributed by atoms with Crippen molar-refractivity contribution in [1.82, 2.24) is 0 Å². The van der Waals surface area contributed by atoms with Gasteiger partial charge in [0.15, 0.2) is 0 Å². The molecule has 1 amide bonds. The minimum atomic E-state index is -0.459. The fourth-order valence-electron chi connectivity index (χ4n) is 1.69. The lowest BCUT2D eigenvalue weighted by molar-refractivity contribution is -0.387. The molecule has 0 spiro atoms. The molecule has 2 aromatic carbocycles. The first-order valence-corrected chi connectivity index (χ1v) is 7.15. The maximum atomic E-state index is 11.2. The molecular weight excluding hydrogens is 312 g/mol. The van der Waals surface area contributed by atoms with E-state index in [1.54, 1.807) is 24.3 Å². The predicted molar refractivity (Wildman–Crippen MR) is 83.0 cm³/mol. The summed E-state index contributed by atoms with van der Waals surface area (Å²) in [6.07, 6.45) is 0. The minimum Gasteiger partial charge on any atom is -0.325 e. The van der Waals surface area contributed by atoms with E-state index in [9.17, 15) is 14.9 Å². The third-order valence-corrected chi connectivity index (χ3v) is 3.89. The van der Waals surface area contributed by atoms with Crippen molar-refractivity contribution in [2.24, 2.45) is 0 Å². The molecule has 0 aliphatic rings. The molecule has 108 valence electrons. The molecule has 0 bridgehead atoms. The number of amides is 1. The van der Waals surface area contributed by atoms with Crippen LogP contribution in [0.4, 0.5) is 11.4 Å².